The van der Waals surface area contributed by atoms with Gasteiger partial charge in [0.15, 0.2) is 5.69 Å². The average Bonchev–Trinajstić information content (AvgIpc) is 2.79. The largest absolute Gasteiger partial charge is 0.399 e. The molecule has 0 bridgehead atoms. The second kappa shape index (κ2) is 5.94. The maximum absolute atomic E-state index is 12.3. The summed E-state index contributed by atoms with van der Waals surface area (Å²) in [6.07, 6.45) is 2.06. The average molecular weight is 274 g/mol. The number of anilines is 1. The van der Waals surface area contributed by atoms with Gasteiger partial charge < -0.3 is 11.1 Å². The number of nitrogen functional groups attached to an aromatic ring is 1. The van der Waals surface area contributed by atoms with Crippen LogP contribution in [0.1, 0.15) is 44.1 Å². The van der Waals surface area contributed by atoms with Gasteiger partial charge in [-0.2, -0.15) is 5.10 Å². The topological polar surface area (TPSA) is 83.8 Å². The first-order valence-electron chi connectivity index (χ1n) is 7.02. The van der Waals surface area contributed by atoms with Gasteiger partial charge in [0, 0.05) is 17.1 Å². The van der Waals surface area contributed by atoms with E-state index in [0.29, 0.717) is 17.3 Å². The molecule has 5 nitrogen and oxygen atoms in total. The number of rotatable bonds is 5. The van der Waals surface area contributed by atoms with Gasteiger partial charge in [0.25, 0.3) is 5.91 Å². The minimum Gasteiger partial charge on any atom is -0.399 e. The molecule has 1 aromatic heterocycles. The number of aromatic nitrogens is 2. The second-order valence-corrected chi connectivity index (χ2v) is 5.72. The van der Waals surface area contributed by atoms with Crippen LogP contribution < -0.4 is 11.1 Å². The van der Waals surface area contributed by atoms with Crippen LogP contribution in [-0.4, -0.2) is 22.1 Å². The fourth-order valence-electron chi connectivity index (χ4n) is 2.15. The summed E-state index contributed by atoms with van der Waals surface area (Å²) < 4.78 is 0. The van der Waals surface area contributed by atoms with Gasteiger partial charge in [-0.3, -0.25) is 9.89 Å². The van der Waals surface area contributed by atoms with Crippen LogP contribution in [0.5, 0.6) is 0 Å². The Labute approximate surface area is 118 Å². The van der Waals surface area contributed by atoms with Crippen LogP contribution in [-0.2, 0) is 0 Å². The lowest BCUT2D eigenvalue weighted by Crippen LogP contribution is -2.33. The first-order valence-corrected chi connectivity index (χ1v) is 7.02. The Balaban J connectivity index is 2.09. The number of nitrogens with one attached hydrogen (secondary N) is 2. The van der Waals surface area contributed by atoms with Crippen molar-refractivity contribution in [2.75, 3.05) is 5.73 Å². The zero-order valence-corrected chi connectivity index (χ0v) is 12.2. The highest BCUT2D eigenvalue weighted by Gasteiger charge is 2.16. The third-order valence-corrected chi connectivity index (χ3v) is 3.36. The number of carbonyl (C=O) groups excluding carboxylic acids is 1. The van der Waals surface area contributed by atoms with Crippen LogP contribution in [0.15, 0.2) is 18.2 Å². The number of fused-ring (bicyclic) bond motifs is 1. The maximum atomic E-state index is 12.3. The van der Waals surface area contributed by atoms with Gasteiger partial charge in [-0.15, -0.1) is 0 Å². The van der Waals surface area contributed by atoms with Crippen molar-refractivity contribution in [1.29, 1.82) is 0 Å². The molecule has 20 heavy (non-hydrogen) atoms. The van der Waals surface area contributed by atoms with Crippen molar-refractivity contribution in [3.63, 3.8) is 0 Å². The van der Waals surface area contributed by atoms with Gasteiger partial charge in [-0.25, -0.2) is 0 Å². The Morgan fingerprint density at radius 2 is 2.10 bits per heavy atom. The van der Waals surface area contributed by atoms with Crippen LogP contribution in [0.2, 0.25) is 0 Å². The highest BCUT2D eigenvalue weighted by atomic mass is 16.2. The lowest BCUT2D eigenvalue weighted by Gasteiger charge is -2.14. The van der Waals surface area contributed by atoms with Crippen LogP contribution in [0, 0.1) is 5.92 Å². The number of nitrogens with zero attached hydrogens (tertiary/aromatic N) is 1. The molecule has 0 saturated heterocycles. The third kappa shape index (κ3) is 3.29. The van der Waals surface area contributed by atoms with Crippen molar-refractivity contribution < 1.29 is 4.79 Å². The monoisotopic (exact) mass is 274 g/mol. The Morgan fingerprint density at radius 3 is 2.80 bits per heavy atom. The fourth-order valence-corrected chi connectivity index (χ4v) is 2.15. The van der Waals surface area contributed by atoms with Gasteiger partial charge in [0.1, 0.15) is 0 Å². The number of carbonyl (C=O) groups is 1. The van der Waals surface area contributed by atoms with Gasteiger partial charge >= 0.3 is 0 Å². The van der Waals surface area contributed by atoms with E-state index in [1.165, 1.54) is 0 Å². The summed E-state index contributed by atoms with van der Waals surface area (Å²) in [7, 11) is 0. The molecule has 0 radical (unpaired) electrons. The van der Waals surface area contributed by atoms with Crippen molar-refractivity contribution in [3.05, 3.63) is 23.9 Å². The third-order valence-electron chi connectivity index (χ3n) is 3.36. The van der Waals surface area contributed by atoms with Gasteiger partial charge in [0.2, 0.25) is 0 Å². The highest BCUT2D eigenvalue weighted by Crippen LogP contribution is 2.19. The summed E-state index contributed by atoms with van der Waals surface area (Å²) in [5.74, 6) is 0.485. The molecule has 0 aliphatic rings. The zero-order chi connectivity index (χ0) is 14.7. The second-order valence-electron chi connectivity index (χ2n) is 5.72. The minimum absolute atomic E-state index is 0.137. The molecule has 0 saturated carbocycles. The number of amides is 1. The molecule has 0 fully saturated rings. The van der Waals surface area contributed by atoms with Crippen LogP contribution in [0.3, 0.4) is 0 Å². The van der Waals surface area contributed by atoms with E-state index in [9.17, 15) is 4.79 Å². The van der Waals surface area contributed by atoms with E-state index >= 15 is 0 Å². The quantitative estimate of drug-likeness (QED) is 0.733. The molecule has 0 aliphatic heterocycles. The maximum Gasteiger partial charge on any atom is 0.272 e. The predicted molar refractivity (Wildman–Crippen MR) is 81.5 cm³/mol. The molecule has 2 aromatic rings. The molecule has 1 amide bonds. The van der Waals surface area contributed by atoms with Gasteiger partial charge in [-0.05, 0) is 43.9 Å². The Morgan fingerprint density at radius 1 is 1.35 bits per heavy atom. The first-order chi connectivity index (χ1) is 9.47. The van der Waals surface area contributed by atoms with E-state index in [0.717, 1.165) is 23.7 Å². The molecule has 0 spiro atoms. The molecule has 0 aliphatic carbocycles. The first kappa shape index (κ1) is 14.4. The molecule has 2 rings (SSSR count). The van der Waals surface area contributed by atoms with E-state index in [1.54, 1.807) is 12.1 Å². The van der Waals surface area contributed by atoms with Crippen molar-refractivity contribution in [2.24, 2.45) is 5.92 Å². The van der Waals surface area contributed by atoms with Crippen LogP contribution in [0.25, 0.3) is 10.9 Å². The Bertz CT molecular complexity index is 603. The summed E-state index contributed by atoms with van der Waals surface area (Å²) in [6, 6.07) is 5.52. The molecular weight excluding hydrogens is 252 g/mol. The smallest absolute Gasteiger partial charge is 0.272 e. The molecule has 108 valence electrons. The number of nitrogens with two attached hydrogens (primary N) is 1. The highest BCUT2D eigenvalue weighted by molar-refractivity contribution is 6.05. The van der Waals surface area contributed by atoms with E-state index in [4.69, 9.17) is 5.73 Å². The number of aromatic amines is 1. The summed E-state index contributed by atoms with van der Waals surface area (Å²) >= 11 is 0. The Kier molecular flexibility index (Phi) is 4.27. The number of hydrogen-bond donors (Lipinski definition) is 3. The molecule has 1 unspecified atom stereocenters. The predicted octanol–water partition coefficient (Wildman–Crippen LogP) is 2.70. The minimum atomic E-state index is -0.155. The fraction of sp³-hybridized carbons (Fsp3) is 0.467. The van der Waals surface area contributed by atoms with E-state index < -0.39 is 0 Å². The number of benzene rings is 1. The molecule has 1 atom stereocenters. The SMILES string of the molecule is CC(C)CCC(C)NC(=O)c1n[nH]c2ccc(N)cc12. The van der Waals surface area contributed by atoms with Crippen LogP contribution >= 0.6 is 0 Å². The van der Waals surface area contributed by atoms with Gasteiger partial charge in [0.05, 0.1) is 5.52 Å². The summed E-state index contributed by atoms with van der Waals surface area (Å²) in [4.78, 5) is 12.3. The summed E-state index contributed by atoms with van der Waals surface area (Å²) in [5, 5.41) is 10.7. The van der Waals surface area contributed by atoms with E-state index in [-0.39, 0.29) is 11.9 Å². The standard InChI is InChI=1S/C15H22N4O/c1-9(2)4-5-10(3)17-15(20)14-12-8-11(16)6-7-13(12)18-19-14/h6-10H,4-5,16H2,1-3H3,(H,17,20)(H,18,19). The summed E-state index contributed by atoms with van der Waals surface area (Å²) in [6.45, 7) is 6.38. The van der Waals surface area contributed by atoms with E-state index in [2.05, 4.69) is 29.4 Å². The van der Waals surface area contributed by atoms with Gasteiger partial charge in [-0.1, -0.05) is 13.8 Å². The number of hydrogen-bond acceptors (Lipinski definition) is 3. The van der Waals surface area contributed by atoms with Crippen molar-refractivity contribution in [3.8, 4) is 0 Å². The normalized spacial score (nSPS) is 12.8. The molecule has 1 aromatic carbocycles. The Hall–Kier alpha value is -2.04. The van der Waals surface area contributed by atoms with Crippen molar-refractivity contribution >= 4 is 22.5 Å². The molecular formula is C15H22N4O. The number of H-pyrrole nitrogens is 1. The molecule has 4 N–H and O–H groups in total. The molecule has 5 heteroatoms. The van der Waals surface area contributed by atoms with Crippen LogP contribution in [0.4, 0.5) is 5.69 Å². The van der Waals surface area contributed by atoms with Crippen molar-refractivity contribution in [2.45, 2.75) is 39.7 Å². The zero-order valence-electron chi connectivity index (χ0n) is 12.2. The van der Waals surface area contributed by atoms with Crippen molar-refractivity contribution in [1.82, 2.24) is 15.5 Å². The summed E-state index contributed by atoms with van der Waals surface area (Å²) in [5.41, 5.74) is 7.61. The molecule has 1 heterocycles. The lowest BCUT2D eigenvalue weighted by molar-refractivity contribution is 0.0934. The lowest BCUT2D eigenvalue weighted by atomic mass is 10.0. The van der Waals surface area contributed by atoms with E-state index in [1.807, 2.05) is 13.0 Å².